The molecule has 0 radical (unpaired) electrons. The Kier molecular flexibility index (Phi) is 45.8. The Hall–Kier alpha value is -1.67. The molecule has 8 N–H and O–H groups in total. The maximum absolute atomic E-state index is 13.2. The molecule has 0 bridgehead atoms. The van der Waals surface area contributed by atoms with Gasteiger partial charge in [0.2, 0.25) is 5.91 Å². The summed E-state index contributed by atoms with van der Waals surface area (Å²) in [6.07, 6.45) is 47.7. The molecule has 1 amide bonds. The third-order valence-corrected chi connectivity index (χ3v) is 14.2. The number of amides is 1. The van der Waals surface area contributed by atoms with Gasteiger partial charge in [-0.3, -0.25) is 4.79 Å². The zero-order valence-corrected chi connectivity index (χ0v) is 45.0. The van der Waals surface area contributed by atoms with Crippen LogP contribution in [0, 0.1) is 0 Å². The lowest BCUT2D eigenvalue weighted by Crippen LogP contribution is -2.60. The molecule has 0 saturated carbocycles. The maximum atomic E-state index is 13.2. The van der Waals surface area contributed by atoms with Crippen molar-refractivity contribution in [3.05, 3.63) is 36.5 Å². The molecule has 0 aromatic rings. The van der Waals surface area contributed by atoms with E-state index < -0.39 is 74.2 Å². The minimum absolute atomic E-state index is 0.243. The van der Waals surface area contributed by atoms with Crippen molar-refractivity contribution in [2.45, 2.75) is 319 Å². The van der Waals surface area contributed by atoms with Gasteiger partial charge in [0.05, 0.1) is 25.4 Å². The first-order chi connectivity index (χ1) is 34.2. The molecule has 11 heteroatoms. The molecule has 0 aromatic carbocycles. The highest BCUT2D eigenvalue weighted by Gasteiger charge is 2.44. The first kappa shape index (κ1) is 66.3. The summed E-state index contributed by atoms with van der Waals surface area (Å²) < 4.78 is 11.1. The molecule has 0 aliphatic carbocycles. The summed E-state index contributed by atoms with van der Waals surface area (Å²) in [5.74, 6) is -0.709. The molecule has 11 nitrogen and oxygen atoms in total. The summed E-state index contributed by atoms with van der Waals surface area (Å²) in [7, 11) is 0. The number of rotatable bonds is 50. The van der Waals surface area contributed by atoms with Gasteiger partial charge < -0.3 is 50.5 Å². The zero-order valence-electron chi connectivity index (χ0n) is 45.0. The second-order valence-corrected chi connectivity index (χ2v) is 20.7. The highest BCUT2D eigenvalue weighted by Crippen LogP contribution is 2.23. The summed E-state index contributed by atoms with van der Waals surface area (Å²) in [4.78, 5) is 13.2. The zero-order chi connectivity index (χ0) is 51.1. The van der Waals surface area contributed by atoms with Crippen LogP contribution in [-0.2, 0) is 14.3 Å². The lowest BCUT2D eigenvalue weighted by Gasteiger charge is -2.40. The number of allylic oxidation sites excluding steroid dienone is 6. The average Bonchev–Trinajstić information content (AvgIpc) is 3.36. The molecular weight excluding hydrogens is 883 g/mol. The fraction of sp³-hybridized carbons (Fsp3) is 0.881. The number of aliphatic hydroxyl groups is 7. The van der Waals surface area contributed by atoms with E-state index in [1.54, 1.807) is 0 Å². The Morgan fingerprint density at radius 1 is 0.486 bits per heavy atom. The van der Waals surface area contributed by atoms with Crippen LogP contribution in [0.15, 0.2) is 36.5 Å². The molecule has 9 atom stereocenters. The van der Waals surface area contributed by atoms with E-state index in [0.717, 1.165) is 44.9 Å². The number of nitrogens with one attached hydrogen (secondary N) is 1. The number of hydrogen-bond acceptors (Lipinski definition) is 10. The van der Waals surface area contributed by atoms with Crippen LogP contribution in [0.5, 0.6) is 0 Å². The van der Waals surface area contributed by atoms with E-state index in [1.807, 2.05) is 0 Å². The van der Waals surface area contributed by atoms with E-state index in [0.29, 0.717) is 19.3 Å². The van der Waals surface area contributed by atoms with Crippen molar-refractivity contribution in [3.63, 3.8) is 0 Å². The number of carbonyl (C=O) groups is 1. The predicted molar refractivity (Wildman–Crippen MR) is 289 cm³/mol. The largest absolute Gasteiger partial charge is 0.394 e. The van der Waals surface area contributed by atoms with Gasteiger partial charge in [-0.15, -0.1) is 0 Å². The highest BCUT2D eigenvalue weighted by molar-refractivity contribution is 5.80. The van der Waals surface area contributed by atoms with Gasteiger partial charge in [0.1, 0.15) is 36.6 Å². The summed E-state index contributed by atoms with van der Waals surface area (Å²) in [6.45, 7) is 3.46. The lowest BCUT2D eigenvalue weighted by atomic mass is 9.98. The standard InChI is InChI=1S/C59H111NO10/c1-3-5-7-9-11-13-15-17-19-21-23-25-27-28-30-32-34-36-38-40-42-44-46-51(62)54(64)50(49-69-59-57(67)56(66)55(65)53(48-61)70-59)60-58(68)52(63)47-45-43-41-39-37-35-33-31-29-26-24-22-20-18-16-14-12-10-8-6-4-2/h23,25,30,32,38,40,50-57,59,61-67H,3-22,24,26-29,31,33-37,39,41-49H2,1-2H3,(H,60,68)/b25-23+,32-30+,40-38+. The van der Waals surface area contributed by atoms with Crippen LogP contribution >= 0.6 is 0 Å². The van der Waals surface area contributed by atoms with Crippen molar-refractivity contribution >= 4 is 5.91 Å². The summed E-state index contributed by atoms with van der Waals surface area (Å²) in [5, 5.41) is 76.1. The Morgan fingerprint density at radius 2 is 0.857 bits per heavy atom. The molecule has 1 saturated heterocycles. The Bertz CT molecular complexity index is 1230. The fourth-order valence-corrected chi connectivity index (χ4v) is 9.36. The first-order valence-electron chi connectivity index (χ1n) is 29.4. The van der Waals surface area contributed by atoms with Crippen molar-refractivity contribution in [1.82, 2.24) is 5.32 Å². The monoisotopic (exact) mass is 994 g/mol. The number of carbonyl (C=O) groups excluding carboxylic acids is 1. The topological polar surface area (TPSA) is 189 Å². The molecule has 412 valence electrons. The van der Waals surface area contributed by atoms with Crippen LogP contribution in [0.1, 0.15) is 264 Å². The lowest BCUT2D eigenvalue weighted by molar-refractivity contribution is -0.303. The average molecular weight is 995 g/mol. The number of ether oxygens (including phenoxy) is 2. The Labute approximate surface area is 428 Å². The Morgan fingerprint density at radius 3 is 1.27 bits per heavy atom. The van der Waals surface area contributed by atoms with Gasteiger partial charge in [-0.25, -0.2) is 0 Å². The Balaban J connectivity index is 2.35. The fourth-order valence-electron chi connectivity index (χ4n) is 9.36. The third kappa shape index (κ3) is 36.3. The van der Waals surface area contributed by atoms with E-state index in [4.69, 9.17) is 9.47 Å². The molecule has 1 fully saturated rings. The van der Waals surface area contributed by atoms with Gasteiger partial charge in [0.15, 0.2) is 6.29 Å². The van der Waals surface area contributed by atoms with Crippen LogP contribution in [0.4, 0.5) is 0 Å². The summed E-state index contributed by atoms with van der Waals surface area (Å²) in [5.41, 5.74) is 0. The molecule has 1 aliphatic heterocycles. The number of aliphatic hydroxyl groups excluding tert-OH is 7. The number of unbranched alkanes of at least 4 members (excludes halogenated alkanes) is 32. The minimum atomic E-state index is -1.67. The van der Waals surface area contributed by atoms with Gasteiger partial charge in [-0.2, -0.15) is 0 Å². The SMILES string of the molecule is CCCCCCCCCCC/C=C/CC/C=C/CC/C=C/CCCC(O)C(O)C(COC1OC(CO)C(O)C(O)C1O)NC(=O)C(O)CCCCCCCCCCCCCCCCCCCCCCC. The van der Waals surface area contributed by atoms with E-state index in [9.17, 15) is 40.5 Å². The minimum Gasteiger partial charge on any atom is -0.394 e. The number of hydrogen-bond donors (Lipinski definition) is 8. The van der Waals surface area contributed by atoms with E-state index in [2.05, 4.69) is 55.6 Å². The van der Waals surface area contributed by atoms with Crippen LogP contribution in [0.2, 0.25) is 0 Å². The highest BCUT2D eigenvalue weighted by atomic mass is 16.7. The summed E-state index contributed by atoms with van der Waals surface area (Å²) >= 11 is 0. The van der Waals surface area contributed by atoms with Crippen LogP contribution in [-0.4, -0.2) is 110 Å². The maximum Gasteiger partial charge on any atom is 0.249 e. The molecule has 70 heavy (non-hydrogen) atoms. The molecule has 0 aromatic heterocycles. The van der Waals surface area contributed by atoms with E-state index in [1.165, 1.54) is 173 Å². The third-order valence-electron chi connectivity index (χ3n) is 14.2. The van der Waals surface area contributed by atoms with Crippen LogP contribution in [0.3, 0.4) is 0 Å². The second kappa shape index (κ2) is 48.3. The van der Waals surface area contributed by atoms with Crippen LogP contribution < -0.4 is 5.32 Å². The van der Waals surface area contributed by atoms with E-state index >= 15 is 0 Å². The molecule has 9 unspecified atom stereocenters. The molecule has 1 aliphatic rings. The normalized spacial score (nSPS) is 20.5. The molecule has 0 spiro atoms. The van der Waals surface area contributed by atoms with Crippen LogP contribution in [0.25, 0.3) is 0 Å². The molecule has 1 rings (SSSR count). The first-order valence-corrected chi connectivity index (χ1v) is 29.4. The molecular formula is C59H111NO10. The van der Waals surface area contributed by atoms with Gasteiger partial charge >= 0.3 is 0 Å². The van der Waals surface area contributed by atoms with Crippen molar-refractivity contribution in [2.75, 3.05) is 13.2 Å². The van der Waals surface area contributed by atoms with Gasteiger partial charge in [0, 0.05) is 0 Å². The van der Waals surface area contributed by atoms with E-state index in [-0.39, 0.29) is 12.8 Å². The van der Waals surface area contributed by atoms with Gasteiger partial charge in [0.25, 0.3) is 0 Å². The second-order valence-electron chi connectivity index (χ2n) is 20.7. The smallest absolute Gasteiger partial charge is 0.249 e. The van der Waals surface area contributed by atoms with Gasteiger partial charge in [-0.05, 0) is 64.2 Å². The van der Waals surface area contributed by atoms with Gasteiger partial charge in [-0.1, -0.05) is 237 Å². The molecule has 1 heterocycles. The predicted octanol–water partition coefficient (Wildman–Crippen LogP) is 12.3. The van der Waals surface area contributed by atoms with Crippen molar-refractivity contribution in [1.29, 1.82) is 0 Å². The quantitative estimate of drug-likeness (QED) is 0.0215. The summed E-state index contributed by atoms with van der Waals surface area (Å²) in [6, 6.07) is -1.19. The van der Waals surface area contributed by atoms with Crippen molar-refractivity contribution in [2.24, 2.45) is 0 Å². The van der Waals surface area contributed by atoms with Crippen molar-refractivity contribution < 1.29 is 50.0 Å². The van der Waals surface area contributed by atoms with Crippen molar-refractivity contribution in [3.8, 4) is 0 Å².